The Bertz CT molecular complexity index is 1440. The van der Waals surface area contributed by atoms with Gasteiger partial charge in [0.1, 0.15) is 11.8 Å². The third-order valence-corrected chi connectivity index (χ3v) is 6.53. The lowest BCUT2D eigenvalue weighted by atomic mass is 9.77. The SMILES string of the molecule is O=Cc1ccc([N+](=O)[O-])c(OCCc2cn(C(c3ccccc3)(c3ccccc3)c3ccccc3)cn2)c1. The van der Waals surface area contributed by atoms with Crippen LogP contribution in [-0.2, 0) is 12.0 Å². The average molecular weight is 504 g/mol. The highest BCUT2D eigenvalue weighted by Crippen LogP contribution is 2.40. The Morgan fingerprint density at radius 2 is 1.39 bits per heavy atom. The standard InChI is InChI=1S/C31H25N3O4/c35-22-24-16-17-29(34(36)37)30(20-24)38-19-18-28-21-33(23-32-28)31(25-10-4-1-5-11-25,26-12-6-2-7-13-26)27-14-8-3-9-15-27/h1-17,20-23H,18-19H2. The molecule has 0 spiro atoms. The van der Waals surface area contributed by atoms with E-state index in [2.05, 4.69) is 45.9 Å². The molecule has 0 saturated heterocycles. The highest BCUT2D eigenvalue weighted by atomic mass is 16.6. The van der Waals surface area contributed by atoms with Crippen molar-refractivity contribution in [2.75, 3.05) is 6.61 Å². The molecule has 7 nitrogen and oxygen atoms in total. The van der Waals surface area contributed by atoms with Gasteiger partial charge in [-0.15, -0.1) is 0 Å². The number of hydrogen-bond donors (Lipinski definition) is 0. The van der Waals surface area contributed by atoms with E-state index in [1.54, 1.807) is 0 Å². The summed E-state index contributed by atoms with van der Waals surface area (Å²) in [6.45, 7) is 0.162. The largest absolute Gasteiger partial charge is 0.486 e. The summed E-state index contributed by atoms with van der Waals surface area (Å²) in [7, 11) is 0. The fourth-order valence-electron chi connectivity index (χ4n) is 4.80. The second kappa shape index (κ2) is 10.9. The Morgan fingerprint density at radius 1 is 0.842 bits per heavy atom. The number of benzene rings is 4. The predicted molar refractivity (Wildman–Crippen MR) is 145 cm³/mol. The number of carbonyl (C=O) groups excluding carboxylic acids is 1. The summed E-state index contributed by atoms with van der Waals surface area (Å²) in [4.78, 5) is 26.7. The first kappa shape index (κ1) is 24.6. The normalized spacial score (nSPS) is 11.2. The molecule has 5 rings (SSSR count). The Hall–Kier alpha value is -5.04. The molecule has 0 aliphatic carbocycles. The first-order valence-corrected chi connectivity index (χ1v) is 12.2. The number of aldehydes is 1. The number of nitro groups is 1. The van der Waals surface area contributed by atoms with Crippen LogP contribution in [0.15, 0.2) is 122 Å². The topological polar surface area (TPSA) is 87.3 Å². The van der Waals surface area contributed by atoms with E-state index in [1.807, 2.05) is 67.1 Å². The summed E-state index contributed by atoms with van der Waals surface area (Å²) in [5, 5.41) is 11.4. The van der Waals surface area contributed by atoms with Gasteiger partial charge >= 0.3 is 5.69 Å². The van der Waals surface area contributed by atoms with Crippen molar-refractivity contribution in [3.05, 3.63) is 160 Å². The first-order chi connectivity index (χ1) is 18.6. The van der Waals surface area contributed by atoms with Gasteiger partial charge in [-0.1, -0.05) is 91.0 Å². The van der Waals surface area contributed by atoms with Gasteiger partial charge in [-0.05, 0) is 28.8 Å². The molecule has 0 radical (unpaired) electrons. The molecule has 5 aromatic rings. The number of rotatable bonds is 10. The highest BCUT2D eigenvalue weighted by molar-refractivity contribution is 5.77. The maximum atomic E-state index is 11.4. The number of ether oxygens (including phenoxy) is 1. The van der Waals surface area contributed by atoms with E-state index < -0.39 is 10.5 Å². The molecule has 0 aliphatic heterocycles. The number of carbonyl (C=O) groups is 1. The number of aromatic nitrogens is 2. The van der Waals surface area contributed by atoms with Crippen LogP contribution in [0.25, 0.3) is 0 Å². The molecule has 0 aliphatic rings. The van der Waals surface area contributed by atoms with Crippen LogP contribution in [0, 0.1) is 10.1 Å². The van der Waals surface area contributed by atoms with E-state index in [0.29, 0.717) is 18.3 Å². The molecule has 38 heavy (non-hydrogen) atoms. The fourth-order valence-corrected chi connectivity index (χ4v) is 4.80. The van der Waals surface area contributed by atoms with Crippen molar-refractivity contribution in [3.63, 3.8) is 0 Å². The van der Waals surface area contributed by atoms with Gasteiger partial charge in [-0.25, -0.2) is 4.98 Å². The van der Waals surface area contributed by atoms with Crippen molar-refractivity contribution in [2.24, 2.45) is 0 Å². The fraction of sp³-hybridized carbons (Fsp3) is 0.0968. The maximum Gasteiger partial charge on any atom is 0.310 e. The van der Waals surface area contributed by atoms with Crippen LogP contribution in [0.3, 0.4) is 0 Å². The molecule has 7 heteroatoms. The third kappa shape index (κ3) is 4.69. The summed E-state index contributed by atoms with van der Waals surface area (Å²) in [5.74, 6) is 0.0613. The lowest BCUT2D eigenvalue weighted by Gasteiger charge is -2.37. The molecule has 0 fully saturated rings. The summed E-state index contributed by atoms with van der Waals surface area (Å²) in [5.41, 5.74) is 3.47. The summed E-state index contributed by atoms with van der Waals surface area (Å²) >= 11 is 0. The molecule has 188 valence electrons. The van der Waals surface area contributed by atoms with Crippen LogP contribution in [0.1, 0.15) is 32.7 Å². The molecule has 0 atom stereocenters. The van der Waals surface area contributed by atoms with Crippen LogP contribution < -0.4 is 4.74 Å². The van der Waals surface area contributed by atoms with E-state index in [9.17, 15) is 14.9 Å². The second-order valence-corrected chi connectivity index (χ2v) is 8.78. The predicted octanol–water partition coefficient (Wildman–Crippen LogP) is 6.07. The molecular weight excluding hydrogens is 478 g/mol. The number of nitrogens with zero attached hydrogens (tertiary/aromatic N) is 3. The van der Waals surface area contributed by atoms with Gasteiger partial charge in [0, 0.05) is 24.2 Å². The number of hydrogen-bond acceptors (Lipinski definition) is 5. The molecule has 1 heterocycles. The third-order valence-electron chi connectivity index (χ3n) is 6.53. The molecule has 0 saturated carbocycles. The molecule has 0 N–H and O–H groups in total. The van der Waals surface area contributed by atoms with Gasteiger partial charge in [-0.3, -0.25) is 14.9 Å². The Labute approximate surface area is 220 Å². The second-order valence-electron chi connectivity index (χ2n) is 8.78. The Kier molecular flexibility index (Phi) is 7.08. The van der Waals surface area contributed by atoms with Crippen molar-refractivity contribution in [1.82, 2.24) is 9.55 Å². The van der Waals surface area contributed by atoms with Crippen molar-refractivity contribution in [1.29, 1.82) is 0 Å². The van der Waals surface area contributed by atoms with E-state index >= 15 is 0 Å². The quantitative estimate of drug-likeness (QED) is 0.1000. The van der Waals surface area contributed by atoms with Crippen LogP contribution >= 0.6 is 0 Å². The molecule has 0 amide bonds. The molecule has 0 bridgehead atoms. The molecule has 0 unspecified atom stereocenters. The lowest BCUT2D eigenvalue weighted by molar-refractivity contribution is -0.385. The van der Waals surface area contributed by atoms with E-state index in [-0.39, 0.29) is 18.0 Å². The summed E-state index contributed by atoms with van der Waals surface area (Å²) < 4.78 is 7.85. The van der Waals surface area contributed by atoms with Gasteiger partial charge < -0.3 is 9.30 Å². The minimum Gasteiger partial charge on any atom is -0.486 e. The van der Waals surface area contributed by atoms with E-state index in [1.165, 1.54) is 18.2 Å². The van der Waals surface area contributed by atoms with Crippen LogP contribution in [0.5, 0.6) is 5.75 Å². The smallest absolute Gasteiger partial charge is 0.310 e. The van der Waals surface area contributed by atoms with Gasteiger partial charge in [0.25, 0.3) is 0 Å². The maximum absolute atomic E-state index is 11.4. The highest BCUT2D eigenvalue weighted by Gasteiger charge is 2.38. The van der Waals surface area contributed by atoms with Gasteiger partial charge in [-0.2, -0.15) is 0 Å². The van der Waals surface area contributed by atoms with Gasteiger partial charge in [0.05, 0.1) is 23.6 Å². The Morgan fingerprint density at radius 3 is 1.89 bits per heavy atom. The first-order valence-electron chi connectivity index (χ1n) is 12.2. The van der Waals surface area contributed by atoms with E-state index in [4.69, 9.17) is 4.74 Å². The van der Waals surface area contributed by atoms with Crippen molar-refractivity contribution in [3.8, 4) is 5.75 Å². The van der Waals surface area contributed by atoms with Crippen molar-refractivity contribution >= 4 is 12.0 Å². The van der Waals surface area contributed by atoms with Crippen LogP contribution in [0.4, 0.5) is 5.69 Å². The Balaban J connectivity index is 1.51. The number of imidazole rings is 1. The van der Waals surface area contributed by atoms with Gasteiger partial charge in [0.15, 0.2) is 5.75 Å². The zero-order valence-electron chi connectivity index (χ0n) is 20.5. The zero-order valence-corrected chi connectivity index (χ0v) is 20.5. The average Bonchev–Trinajstić information content (AvgIpc) is 3.44. The minimum atomic E-state index is -0.674. The zero-order chi connectivity index (χ0) is 26.4. The minimum absolute atomic E-state index is 0.0613. The van der Waals surface area contributed by atoms with Crippen LogP contribution in [-0.4, -0.2) is 27.4 Å². The van der Waals surface area contributed by atoms with Crippen LogP contribution in [0.2, 0.25) is 0 Å². The lowest BCUT2D eigenvalue weighted by Crippen LogP contribution is -2.36. The summed E-state index contributed by atoms with van der Waals surface area (Å²) in [6.07, 6.45) is 4.86. The summed E-state index contributed by atoms with van der Waals surface area (Å²) in [6, 6.07) is 34.9. The number of nitro benzene ring substituents is 1. The molecule has 1 aromatic heterocycles. The monoisotopic (exact) mass is 503 g/mol. The molecular formula is C31H25N3O4. The van der Waals surface area contributed by atoms with E-state index in [0.717, 1.165) is 22.4 Å². The molecule has 4 aromatic carbocycles. The van der Waals surface area contributed by atoms with Gasteiger partial charge in [0.2, 0.25) is 0 Å². The van der Waals surface area contributed by atoms with Crippen molar-refractivity contribution < 1.29 is 14.5 Å². The van der Waals surface area contributed by atoms with Crippen molar-refractivity contribution in [2.45, 2.75) is 12.0 Å².